The van der Waals surface area contributed by atoms with Crippen LogP contribution in [0, 0.1) is 20.8 Å². The maximum Gasteiger partial charge on any atom is 0.122 e. The van der Waals surface area contributed by atoms with E-state index >= 15 is 0 Å². The largest absolute Gasteiger partial charge is 0.496 e. The third-order valence-corrected chi connectivity index (χ3v) is 3.51. The second-order valence-electron chi connectivity index (χ2n) is 4.40. The molecule has 0 heterocycles. The molecule has 0 aromatic heterocycles. The van der Waals surface area contributed by atoms with Crippen LogP contribution in [0.4, 0.5) is 0 Å². The quantitative estimate of drug-likeness (QED) is 0.848. The van der Waals surface area contributed by atoms with E-state index in [9.17, 15) is 0 Å². The van der Waals surface area contributed by atoms with Gasteiger partial charge in [-0.15, -0.1) is 0 Å². The lowest BCUT2D eigenvalue weighted by molar-refractivity contribution is 0.410. The van der Waals surface area contributed by atoms with Crippen molar-refractivity contribution in [2.24, 2.45) is 5.73 Å². The van der Waals surface area contributed by atoms with E-state index in [1.165, 1.54) is 22.3 Å². The second kappa shape index (κ2) is 5.35. The fourth-order valence-corrected chi connectivity index (χ4v) is 2.39. The Kier molecular flexibility index (Phi) is 4.36. The number of methoxy groups -OCH3 is 1. The predicted molar refractivity (Wildman–Crippen MR) is 69.3 cm³/mol. The third kappa shape index (κ3) is 2.22. The summed E-state index contributed by atoms with van der Waals surface area (Å²) in [7, 11) is 1.72. The number of nitrogens with two attached hydrogens (primary N) is 1. The van der Waals surface area contributed by atoms with Crippen LogP contribution in [0.3, 0.4) is 0 Å². The summed E-state index contributed by atoms with van der Waals surface area (Å²) in [5, 5.41) is 0. The zero-order valence-corrected chi connectivity index (χ0v) is 11.1. The van der Waals surface area contributed by atoms with Gasteiger partial charge in [0.05, 0.1) is 7.11 Å². The molecule has 16 heavy (non-hydrogen) atoms. The third-order valence-electron chi connectivity index (χ3n) is 3.51. The molecule has 0 aliphatic carbocycles. The van der Waals surface area contributed by atoms with Gasteiger partial charge in [-0.05, 0) is 68.0 Å². The smallest absolute Gasteiger partial charge is 0.122 e. The fourth-order valence-electron chi connectivity index (χ4n) is 2.39. The lowest BCUT2D eigenvalue weighted by Crippen LogP contribution is -2.15. The molecule has 0 radical (unpaired) electrons. The van der Waals surface area contributed by atoms with E-state index in [-0.39, 0.29) is 0 Å². The standard InChI is InChI=1S/C14H23NO/c1-6-12(8-15)14-9(2)7-13(16-5)10(3)11(14)4/h7,12H,6,8,15H2,1-5H3. The summed E-state index contributed by atoms with van der Waals surface area (Å²) in [4.78, 5) is 0. The van der Waals surface area contributed by atoms with E-state index in [2.05, 4.69) is 33.8 Å². The van der Waals surface area contributed by atoms with Crippen LogP contribution in [-0.2, 0) is 0 Å². The first-order valence-electron chi connectivity index (χ1n) is 5.91. The Hall–Kier alpha value is -1.02. The molecule has 2 N–H and O–H groups in total. The lowest BCUT2D eigenvalue weighted by Gasteiger charge is -2.21. The maximum atomic E-state index is 5.84. The minimum Gasteiger partial charge on any atom is -0.496 e. The first-order chi connectivity index (χ1) is 7.56. The van der Waals surface area contributed by atoms with Crippen molar-refractivity contribution in [1.29, 1.82) is 0 Å². The van der Waals surface area contributed by atoms with Crippen LogP contribution in [0.2, 0.25) is 0 Å². The zero-order valence-electron chi connectivity index (χ0n) is 11.1. The molecule has 1 rings (SSSR count). The molecule has 0 spiro atoms. The molecule has 1 aromatic carbocycles. The van der Waals surface area contributed by atoms with Gasteiger partial charge in [0.25, 0.3) is 0 Å². The molecule has 0 saturated carbocycles. The van der Waals surface area contributed by atoms with Crippen LogP contribution in [-0.4, -0.2) is 13.7 Å². The number of hydrogen-bond acceptors (Lipinski definition) is 2. The summed E-state index contributed by atoms with van der Waals surface area (Å²) in [6.07, 6.45) is 1.09. The average molecular weight is 221 g/mol. The molecule has 2 heteroatoms. The minimum atomic E-state index is 0.463. The predicted octanol–water partition coefficient (Wildman–Crippen LogP) is 3.07. The SMILES string of the molecule is CCC(CN)c1c(C)cc(OC)c(C)c1C. The fraction of sp³-hybridized carbons (Fsp3) is 0.571. The highest BCUT2D eigenvalue weighted by Gasteiger charge is 2.16. The molecule has 0 aliphatic rings. The van der Waals surface area contributed by atoms with Crippen LogP contribution in [0.5, 0.6) is 5.75 Å². The lowest BCUT2D eigenvalue weighted by atomic mass is 9.86. The average Bonchev–Trinajstić information content (AvgIpc) is 2.29. The highest BCUT2D eigenvalue weighted by Crippen LogP contribution is 2.33. The molecule has 0 amide bonds. The van der Waals surface area contributed by atoms with E-state index in [1.54, 1.807) is 7.11 Å². The van der Waals surface area contributed by atoms with Gasteiger partial charge in [0.2, 0.25) is 0 Å². The summed E-state index contributed by atoms with van der Waals surface area (Å²) in [5.41, 5.74) is 11.1. The van der Waals surface area contributed by atoms with Gasteiger partial charge in [-0.2, -0.15) is 0 Å². The number of ether oxygens (including phenoxy) is 1. The van der Waals surface area contributed by atoms with E-state index in [0.29, 0.717) is 12.5 Å². The number of benzene rings is 1. The van der Waals surface area contributed by atoms with Crippen molar-refractivity contribution in [3.8, 4) is 5.75 Å². The molecule has 1 aromatic rings. The highest BCUT2D eigenvalue weighted by atomic mass is 16.5. The number of hydrogen-bond donors (Lipinski definition) is 1. The number of aryl methyl sites for hydroxylation is 1. The monoisotopic (exact) mass is 221 g/mol. The molecule has 0 bridgehead atoms. The van der Waals surface area contributed by atoms with Crippen molar-refractivity contribution in [3.63, 3.8) is 0 Å². The van der Waals surface area contributed by atoms with Gasteiger partial charge in [-0.1, -0.05) is 6.92 Å². The Morgan fingerprint density at radius 2 is 1.88 bits per heavy atom. The Bertz CT molecular complexity index is 367. The van der Waals surface area contributed by atoms with E-state index in [0.717, 1.165) is 12.2 Å². The van der Waals surface area contributed by atoms with E-state index in [4.69, 9.17) is 10.5 Å². The van der Waals surface area contributed by atoms with Gasteiger partial charge in [0.15, 0.2) is 0 Å². The van der Waals surface area contributed by atoms with Crippen LogP contribution < -0.4 is 10.5 Å². The van der Waals surface area contributed by atoms with Crippen LogP contribution in [0.15, 0.2) is 6.07 Å². The van der Waals surface area contributed by atoms with Crippen LogP contribution >= 0.6 is 0 Å². The highest BCUT2D eigenvalue weighted by molar-refractivity contribution is 5.49. The van der Waals surface area contributed by atoms with Crippen LogP contribution in [0.1, 0.15) is 41.5 Å². The van der Waals surface area contributed by atoms with Crippen LogP contribution in [0.25, 0.3) is 0 Å². The topological polar surface area (TPSA) is 35.2 Å². The summed E-state index contributed by atoms with van der Waals surface area (Å²) in [6.45, 7) is 9.32. The van der Waals surface area contributed by atoms with E-state index in [1.807, 2.05) is 0 Å². The van der Waals surface area contributed by atoms with Gasteiger partial charge in [-0.25, -0.2) is 0 Å². The zero-order chi connectivity index (χ0) is 12.3. The van der Waals surface area contributed by atoms with E-state index < -0.39 is 0 Å². The van der Waals surface area contributed by atoms with Crippen molar-refractivity contribution in [2.75, 3.05) is 13.7 Å². The number of rotatable bonds is 4. The molecule has 90 valence electrons. The first kappa shape index (κ1) is 13.0. The Morgan fingerprint density at radius 3 is 2.31 bits per heavy atom. The summed E-state index contributed by atoms with van der Waals surface area (Å²) >= 11 is 0. The Labute approximate surface area is 98.8 Å². The molecule has 2 nitrogen and oxygen atoms in total. The summed E-state index contributed by atoms with van der Waals surface area (Å²) in [5.74, 6) is 1.44. The maximum absolute atomic E-state index is 5.84. The molecule has 1 atom stereocenters. The van der Waals surface area contributed by atoms with Gasteiger partial charge < -0.3 is 10.5 Å². The normalized spacial score (nSPS) is 12.6. The summed E-state index contributed by atoms with van der Waals surface area (Å²) in [6, 6.07) is 2.12. The molecular weight excluding hydrogens is 198 g/mol. The molecule has 1 unspecified atom stereocenters. The van der Waals surface area contributed by atoms with Crippen molar-refractivity contribution in [1.82, 2.24) is 0 Å². The Balaban J connectivity index is 3.35. The van der Waals surface area contributed by atoms with Crippen molar-refractivity contribution < 1.29 is 4.74 Å². The molecule has 0 fully saturated rings. The van der Waals surface area contributed by atoms with Gasteiger partial charge in [0.1, 0.15) is 5.75 Å². The second-order valence-corrected chi connectivity index (χ2v) is 4.40. The van der Waals surface area contributed by atoms with Crippen molar-refractivity contribution in [2.45, 2.75) is 40.0 Å². The van der Waals surface area contributed by atoms with Gasteiger partial charge in [-0.3, -0.25) is 0 Å². The van der Waals surface area contributed by atoms with Gasteiger partial charge in [0, 0.05) is 0 Å². The van der Waals surface area contributed by atoms with Crippen molar-refractivity contribution in [3.05, 3.63) is 28.3 Å². The molecule has 0 aliphatic heterocycles. The van der Waals surface area contributed by atoms with Crippen molar-refractivity contribution >= 4 is 0 Å². The first-order valence-corrected chi connectivity index (χ1v) is 5.91. The van der Waals surface area contributed by atoms with Gasteiger partial charge >= 0.3 is 0 Å². The molecular formula is C14H23NO. The minimum absolute atomic E-state index is 0.463. The Morgan fingerprint density at radius 1 is 1.25 bits per heavy atom. The summed E-state index contributed by atoms with van der Waals surface area (Å²) < 4.78 is 5.38. The molecule has 0 saturated heterocycles.